The van der Waals surface area contributed by atoms with Crippen molar-refractivity contribution in [2.24, 2.45) is 0 Å². The van der Waals surface area contributed by atoms with Gasteiger partial charge in [-0.1, -0.05) is 29.8 Å². The summed E-state index contributed by atoms with van der Waals surface area (Å²) in [6.45, 7) is 5.94. The molecule has 0 fully saturated rings. The summed E-state index contributed by atoms with van der Waals surface area (Å²) in [6.07, 6.45) is 0. The zero-order chi connectivity index (χ0) is 11.8. The van der Waals surface area contributed by atoms with Crippen molar-refractivity contribution in [2.75, 3.05) is 0 Å². The summed E-state index contributed by atoms with van der Waals surface area (Å²) < 4.78 is 0. The summed E-state index contributed by atoms with van der Waals surface area (Å²) in [5.41, 5.74) is 2.42. The van der Waals surface area contributed by atoms with Gasteiger partial charge >= 0.3 is 0 Å². The number of hydrogen-bond acceptors (Lipinski definition) is 2. The van der Waals surface area contributed by atoms with Crippen LogP contribution in [0.15, 0.2) is 35.7 Å². The first-order chi connectivity index (χ1) is 7.51. The van der Waals surface area contributed by atoms with Crippen LogP contribution in [-0.2, 0) is 5.60 Å². The predicted octanol–water partition coefficient (Wildman–Crippen LogP) is 3.62. The van der Waals surface area contributed by atoms with Crippen molar-refractivity contribution in [3.8, 4) is 0 Å². The standard InChI is InChI=1S/C14H16OS/c1-10-4-6-12(7-5-10)14(3,15)13-11(2)8-9-16-13/h4-9,15H,1-3H3. The van der Waals surface area contributed by atoms with Gasteiger partial charge < -0.3 is 5.11 Å². The van der Waals surface area contributed by atoms with E-state index in [-0.39, 0.29) is 0 Å². The predicted molar refractivity (Wildman–Crippen MR) is 68.9 cm³/mol. The molecule has 0 saturated heterocycles. The molecule has 0 spiro atoms. The Labute approximate surface area is 100 Å². The maximum Gasteiger partial charge on any atom is 0.121 e. The molecule has 1 aromatic heterocycles. The van der Waals surface area contributed by atoms with Crippen LogP contribution in [0, 0.1) is 13.8 Å². The molecule has 0 radical (unpaired) electrons. The van der Waals surface area contributed by atoms with Gasteiger partial charge in [0.15, 0.2) is 0 Å². The SMILES string of the molecule is Cc1ccc(C(C)(O)c2sccc2C)cc1. The van der Waals surface area contributed by atoms with Crippen LogP contribution in [0.4, 0.5) is 0 Å². The molecule has 1 atom stereocenters. The Bertz CT molecular complexity index is 480. The van der Waals surface area contributed by atoms with Crippen LogP contribution >= 0.6 is 11.3 Å². The second kappa shape index (κ2) is 4.04. The topological polar surface area (TPSA) is 20.2 Å². The third kappa shape index (κ3) is 1.91. The summed E-state index contributed by atoms with van der Waals surface area (Å²) in [5, 5.41) is 12.6. The fourth-order valence-corrected chi connectivity index (χ4v) is 2.89. The van der Waals surface area contributed by atoms with Gasteiger partial charge in [-0.05, 0) is 43.3 Å². The first kappa shape index (κ1) is 11.4. The number of hydrogen-bond donors (Lipinski definition) is 1. The number of rotatable bonds is 2. The lowest BCUT2D eigenvalue weighted by Crippen LogP contribution is -2.22. The Morgan fingerprint density at radius 1 is 1.06 bits per heavy atom. The van der Waals surface area contributed by atoms with Gasteiger partial charge in [-0.3, -0.25) is 0 Å². The molecule has 1 unspecified atom stereocenters. The molecule has 0 amide bonds. The average Bonchev–Trinajstić information content (AvgIpc) is 2.66. The molecule has 2 rings (SSSR count). The van der Waals surface area contributed by atoms with Crippen molar-refractivity contribution in [2.45, 2.75) is 26.4 Å². The molecule has 0 aliphatic heterocycles. The van der Waals surface area contributed by atoms with Gasteiger partial charge in [0.25, 0.3) is 0 Å². The lowest BCUT2D eigenvalue weighted by Gasteiger charge is -2.23. The number of benzene rings is 1. The van der Waals surface area contributed by atoms with Crippen LogP contribution in [0.3, 0.4) is 0 Å². The lowest BCUT2D eigenvalue weighted by atomic mass is 9.92. The summed E-state index contributed by atoms with van der Waals surface area (Å²) in [4.78, 5) is 1.02. The van der Waals surface area contributed by atoms with Gasteiger partial charge in [-0.25, -0.2) is 0 Å². The van der Waals surface area contributed by atoms with E-state index in [1.807, 2.05) is 49.6 Å². The quantitative estimate of drug-likeness (QED) is 0.838. The highest BCUT2D eigenvalue weighted by Gasteiger charge is 2.28. The second-order valence-corrected chi connectivity index (χ2v) is 5.29. The minimum atomic E-state index is -0.883. The molecular formula is C14H16OS. The molecule has 1 nitrogen and oxygen atoms in total. The van der Waals surface area contributed by atoms with Gasteiger partial charge in [0.1, 0.15) is 5.60 Å². The van der Waals surface area contributed by atoms with Gasteiger partial charge in [-0.15, -0.1) is 11.3 Å². The van der Waals surface area contributed by atoms with E-state index in [4.69, 9.17) is 0 Å². The maximum atomic E-state index is 10.6. The highest BCUT2D eigenvalue weighted by molar-refractivity contribution is 7.10. The molecule has 1 heterocycles. The van der Waals surface area contributed by atoms with Crippen LogP contribution in [-0.4, -0.2) is 5.11 Å². The van der Waals surface area contributed by atoms with E-state index in [9.17, 15) is 5.11 Å². The Morgan fingerprint density at radius 3 is 2.19 bits per heavy atom. The fourth-order valence-electron chi connectivity index (χ4n) is 1.88. The van der Waals surface area contributed by atoms with Gasteiger partial charge in [0, 0.05) is 4.88 Å². The van der Waals surface area contributed by atoms with Crippen molar-refractivity contribution in [3.05, 3.63) is 57.3 Å². The molecule has 0 aliphatic carbocycles. The molecule has 0 aliphatic rings. The highest BCUT2D eigenvalue weighted by Crippen LogP contribution is 2.34. The van der Waals surface area contributed by atoms with E-state index in [2.05, 4.69) is 6.92 Å². The van der Waals surface area contributed by atoms with E-state index < -0.39 is 5.60 Å². The number of thiophene rings is 1. The smallest absolute Gasteiger partial charge is 0.121 e. The monoisotopic (exact) mass is 232 g/mol. The average molecular weight is 232 g/mol. The zero-order valence-electron chi connectivity index (χ0n) is 9.82. The van der Waals surface area contributed by atoms with Crippen LogP contribution in [0.25, 0.3) is 0 Å². The van der Waals surface area contributed by atoms with Crippen molar-refractivity contribution < 1.29 is 5.11 Å². The Hall–Kier alpha value is -1.12. The zero-order valence-corrected chi connectivity index (χ0v) is 10.6. The minimum Gasteiger partial charge on any atom is -0.380 e. The minimum absolute atomic E-state index is 0.883. The second-order valence-electron chi connectivity index (χ2n) is 4.37. The van der Waals surface area contributed by atoms with Gasteiger partial charge in [0.05, 0.1) is 0 Å². The largest absolute Gasteiger partial charge is 0.380 e. The summed E-state index contributed by atoms with van der Waals surface area (Å²) in [5.74, 6) is 0. The van der Waals surface area contributed by atoms with E-state index in [0.29, 0.717) is 0 Å². The van der Waals surface area contributed by atoms with Crippen molar-refractivity contribution in [1.82, 2.24) is 0 Å². The Morgan fingerprint density at radius 2 is 1.69 bits per heavy atom. The number of aliphatic hydroxyl groups is 1. The lowest BCUT2D eigenvalue weighted by molar-refractivity contribution is 0.106. The first-order valence-corrected chi connectivity index (χ1v) is 6.24. The summed E-state index contributed by atoms with van der Waals surface area (Å²) in [6, 6.07) is 10.1. The normalized spacial score (nSPS) is 14.8. The molecule has 0 bridgehead atoms. The third-order valence-electron chi connectivity index (χ3n) is 2.92. The summed E-state index contributed by atoms with van der Waals surface area (Å²) >= 11 is 1.61. The molecule has 2 heteroatoms. The van der Waals surface area contributed by atoms with Gasteiger partial charge in [0.2, 0.25) is 0 Å². The van der Waals surface area contributed by atoms with E-state index >= 15 is 0 Å². The van der Waals surface area contributed by atoms with Crippen LogP contribution in [0.2, 0.25) is 0 Å². The third-order valence-corrected chi connectivity index (χ3v) is 4.15. The molecule has 1 N–H and O–H groups in total. The molecule has 2 aromatic rings. The van der Waals surface area contributed by atoms with E-state index in [1.165, 1.54) is 5.56 Å². The molecular weight excluding hydrogens is 216 g/mol. The molecule has 0 saturated carbocycles. The van der Waals surface area contributed by atoms with Crippen molar-refractivity contribution >= 4 is 11.3 Å². The Kier molecular flexibility index (Phi) is 2.87. The van der Waals surface area contributed by atoms with Crippen LogP contribution < -0.4 is 0 Å². The van der Waals surface area contributed by atoms with Gasteiger partial charge in [-0.2, -0.15) is 0 Å². The maximum absolute atomic E-state index is 10.6. The number of aryl methyl sites for hydroxylation is 2. The van der Waals surface area contributed by atoms with Crippen molar-refractivity contribution in [1.29, 1.82) is 0 Å². The Balaban J connectivity index is 2.46. The summed E-state index contributed by atoms with van der Waals surface area (Å²) in [7, 11) is 0. The molecule has 84 valence electrons. The fraction of sp³-hybridized carbons (Fsp3) is 0.286. The van der Waals surface area contributed by atoms with Crippen LogP contribution in [0.5, 0.6) is 0 Å². The molecule has 1 aromatic carbocycles. The highest BCUT2D eigenvalue weighted by atomic mass is 32.1. The molecule has 16 heavy (non-hydrogen) atoms. The van der Waals surface area contributed by atoms with E-state index in [0.717, 1.165) is 16.0 Å². The van der Waals surface area contributed by atoms with Crippen molar-refractivity contribution in [3.63, 3.8) is 0 Å². The van der Waals surface area contributed by atoms with Crippen LogP contribution in [0.1, 0.15) is 28.5 Å². The van der Waals surface area contributed by atoms with E-state index in [1.54, 1.807) is 11.3 Å². The first-order valence-electron chi connectivity index (χ1n) is 5.36.